The number of halogens is 4. The summed E-state index contributed by atoms with van der Waals surface area (Å²) in [7, 11) is 0. The molecule has 2 aromatic carbocycles. The van der Waals surface area contributed by atoms with Gasteiger partial charge in [-0.2, -0.15) is 0 Å². The van der Waals surface area contributed by atoms with E-state index in [0.29, 0.717) is 21.5 Å². The van der Waals surface area contributed by atoms with Crippen LogP contribution >= 0.6 is 50.7 Å². The summed E-state index contributed by atoms with van der Waals surface area (Å²) >= 11 is 20.9. The molecule has 0 saturated heterocycles. The van der Waals surface area contributed by atoms with Gasteiger partial charge >= 0.3 is 0 Å². The first-order valence-corrected chi connectivity index (χ1v) is 9.01. The van der Waals surface area contributed by atoms with Gasteiger partial charge in [-0.1, -0.05) is 50.7 Å². The third-order valence-electron chi connectivity index (χ3n) is 2.85. The van der Waals surface area contributed by atoms with Crippen molar-refractivity contribution in [3.05, 3.63) is 55.9 Å². The van der Waals surface area contributed by atoms with Gasteiger partial charge in [0.15, 0.2) is 13.2 Å². The molecule has 0 unspecified atom stereocenters. The van der Waals surface area contributed by atoms with Crippen molar-refractivity contribution in [2.24, 2.45) is 0 Å². The van der Waals surface area contributed by atoms with Gasteiger partial charge in [-0.25, -0.2) is 0 Å². The Morgan fingerprint density at radius 2 is 1.35 bits per heavy atom. The van der Waals surface area contributed by atoms with E-state index in [9.17, 15) is 9.59 Å². The lowest BCUT2D eigenvalue weighted by molar-refractivity contribution is -0.131. The smallest absolute Gasteiger partial charge is 0.276 e. The number of hydrazine groups is 1. The molecule has 0 bridgehead atoms. The number of carbonyl (C=O) groups excluding carboxylic acids is 2. The average molecular weight is 483 g/mol. The molecule has 0 fully saturated rings. The van der Waals surface area contributed by atoms with Crippen LogP contribution in [0.3, 0.4) is 0 Å². The Balaban J connectivity index is 1.72. The zero-order chi connectivity index (χ0) is 19.1. The van der Waals surface area contributed by atoms with Crippen molar-refractivity contribution in [2.45, 2.75) is 0 Å². The van der Waals surface area contributed by atoms with Crippen molar-refractivity contribution >= 4 is 62.5 Å². The Morgan fingerprint density at radius 1 is 0.846 bits per heavy atom. The molecule has 0 aliphatic carbocycles. The molecule has 2 N–H and O–H groups in total. The monoisotopic (exact) mass is 480 g/mol. The summed E-state index contributed by atoms with van der Waals surface area (Å²) in [6.07, 6.45) is 0. The molecule has 10 heteroatoms. The molecule has 0 aliphatic rings. The third-order valence-corrected chi connectivity index (χ3v) is 4.17. The summed E-state index contributed by atoms with van der Waals surface area (Å²) in [6, 6.07) is 9.57. The highest BCUT2D eigenvalue weighted by atomic mass is 79.9. The van der Waals surface area contributed by atoms with Crippen molar-refractivity contribution in [1.82, 2.24) is 10.9 Å². The second-order valence-corrected chi connectivity index (χ2v) is 6.99. The maximum absolute atomic E-state index is 11.7. The Labute approximate surface area is 172 Å². The molecule has 2 amide bonds. The van der Waals surface area contributed by atoms with Crippen LogP contribution in [0, 0.1) is 0 Å². The first-order chi connectivity index (χ1) is 12.3. The summed E-state index contributed by atoms with van der Waals surface area (Å²) in [6.45, 7) is -0.674. The van der Waals surface area contributed by atoms with Crippen molar-refractivity contribution in [3.8, 4) is 11.5 Å². The van der Waals surface area contributed by atoms with E-state index in [-0.39, 0.29) is 18.2 Å². The molecule has 0 heterocycles. The molecular formula is C16H12BrCl3N2O4. The highest BCUT2D eigenvalue weighted by Gasteiger charge is 2.09. The van der Waals surface area contributed by atoms with E-state index < -0.39 is 11.8 Å². The van der Waals surface area contributed by atoms with Gasteiger partial charge in [-0.15, -0.1) is 0 Å². The lowest BCUT2D eigenvalue weighted by Crippen LogP contribution is -2.45. The zero-order valence-corrected chi connectivity index (χ0v) is 16.9. The molecule has 0 aliphatic heterocycles. The zero-order valence-electron chi connectivity index (χ0n) is 13.0. The fraction of sp³-hybridized carbons (Fsp3) is 0.125. The molecule has 6 nitrogen and oxygen atoms in total. The van der Waals surface area contributed by atoms with E-state index in [0.717, 1.165) is 4.47 Å². The number of hydrogen-bond donors (Lipinski definition) is 2. The average Bonchev–Trinajstić information content (AvgIpc) is 2.58. The van der Waals surface area contributed by atoms with Gasteiger partial charge in [0.2, 0.25) is 0 Å². The van der Waals surface area contributed by atoms with Crippen LogP contribution in [-0.2, 0) is 9.59 Å². The number of hydrogen-bond acceptors (Lipinski definition) is 4. The van der Waals surface area contributed by atoms with Gasteiger partial charge in [0.25, 0.3) is 11.8 Å². The van der Waals surface area contributed by atoms with E-state index in [1.165, 1.54) is 12.1 Å². The van der Waals surface area contributed by atoms with Crippen LogP contribution in [0.1, 0.15) is 0 Å². The van der Waals surface area contributed by atoms with E-state index in [4.69, 9.17) is 44.3 Å². The minimum Gasteiger partial charge on any atom is -0.482 e. The third kappa shape index (κ3) is 6.57. The van der Waals surface area contributed by atoms with Crippen LogP contribution in [0.25, 0.3) is 0 Å². The Hall–Kier alpha value is -1.67. The SMILES string of the molecule is O=C(COc1ccc(Cl)cc1Cl)NNC(=O)COc1ccc(Br)cc1Cl. The van der Waals surface area contributed by atoms with Gasteiger partial charge in [0.1, 0.15) is 11.5 Å². The van der Waals surface area contributed by atoms with Crippen LogP contribution < -0.4 is 20.3 Å². The fourth-order valence-electron chi connectivity index (χ4n) is 1.68. The van der Waals surface area contributed by atoms with Crippen LogP contribution in [0.4, 0.5) is 0 Å². The molecule has 0 radical (unpaired) electrons. The number of benzene rings is 2. The topological polar surface area (TPSA) is 76.7 Å². The fourth-order valence-corrected chi connectivity index (χ4v) is 2.87. The molecular weight excluding hydrogens is 470 g/mol. The largest absolute Gasteiger partial charge is 0.482 e. The highest BCUT2D eigenvalue weighted by molar-refractivity contribution is 9.10. The minimum absolute atomic E-state index is 0.272. The minimum atomic E-state index is -0.578. The second-order valence-electron chi connectivity index (χ2n) is 4.82. The van der Waals surface area contributed by atoms with Crippen LogP contribution in [0.15, 0.2) is 40.9 Å². The normalized spacial score (nSPS) is 10.2. The van der Waals surface area contributed by atoms with Crippen molar-refractivity contribution in [1.29, 1.82) is 0 Å². The molecule has 138 valence electrons. The highest BCUT2D eigenvalue weighted by Crippen LogP contribution is 2.28. The van der Waals surface area contributed by atoms with E-state index in [1.807, 2.05) is 0 Å². The summed E-state index contributed by atoms with van der Waals surface area (Å²) in [5.41, 5.74) is 4.38. The molecule has 2 aromatic rings. The van der Waals surface area contributed by atoms with Gasteiger partial charge < -0.3 is 9.47 Å². The lowest BCUT2D eigenvalue weighted by atomic mass is 10.3. The Kier molecular flexibility index (Phi) is 7.84. The summed E-state index contributed by atoms with van der Waals surface area (Å²) in [5, 5.41) is 1.07. The molecule has 0 saturated carbocycles. The molecule has 0 atom stereocenters. The first-order valence-electron chi connectivity index (χ1n) is 7.08. The number of ether oxygens (including phenoxy) is 2. The number of rotatable bonds is 6. The summed E-state index contributed by atoms with van der Waals surface area (Å²) in [5.74, 6) is -0.504. The number of nitrogens with one attached hydrogen (secondary N) is 2. The predicted octanol–water partition coefficient (Wildman–Crippen LogP) is 4.01. The Morgan fingerprint density at radius 3 is 1.85 bits per heavy atom. The molecule has 0 spiro atoms. The van der Waals surface area contributed by atoms with Crippen molar-refractivity contribution < 1.29 is 19.1 Å². The first kappa shape index (κ1) is 20.6. The maximum atomic E-state index is 11.7. The molecule has 26 heavy (non-hydrogen) atoms. The number of carbonyl (C=O) groups is 2. The Bertz CT molecular complexity index is 753. The van der Waals surface area contributed by atoms with Gasteiger partial charge in [0, 0.05) is 9.50 Å². The van der Waals surface area contributed by atoms with E-state index >= 15 is 0 Å². The maximum Gasteiger partial charge on any atom is 0.276 e. The standard InChI is InChI=1S/C16H12BrCl3N2O4/c17-9-1-3-13(11(19)5-9)25-7-15(23)21-22-16(24)8-26-14-4-2-10(18)6-12(14)20/h1-6H,7-8H2,(H,21,23)(H,22,24). The van der Waals surface area contributed by atoms with Gasteiger partial charge in [-0.3, -0.25) is 20.4 Å². The van der Waals surface area contributed by atoms with Crippen molar-refractivity contribution in [2.75, 3.05) is 13.2 Å². The predicted molar refractivity (Wildman–Crippen MR) is 103 cm³/mol. The van der Waals surface area contributed by atoms with Crippen LogP contribution in [0.2, 0.25) is 15.1 Å². The molecule has 0 aromatic heterocycles. The lowest BCUT2D eigenvalue weighted by Gasteiger charge is -2.11. The second kappa shape index (κ2) is 9.87. The van der Waals surface area contributed by atoms with Gasteiger partial charge in [-0.05, 0) is 36.4 Å². The van der Waals surface area contributed by atoms with E-state index in [1.54, 1.807) is 24.3 Å². The summed E-state index contributed by atoms with van der Waals surface area (Å²) in [4.78, 5) is 23.4. The number of amides is 2. The van der Waals surface area contributed by atoms with Crippen LogP contribution in [0.5, 0.6) is 11.5 Å². The van der Waals surface area contributed by atoms with Gasteiger partial charge in [0.05, 0.1) is 10.0 Å². The van der Waals surface area contributed by atoms with E-state index in [2.05, 4.69) is 26.8 Å². The summed E-state index contributed by atoms with van der Waals surface area (Å²) < 4.78 is 11.3. The van der Waals surface area contributed by atoms with Crippen molar-refractivity contribution in [3.63, 3.8) is 0 Å². The quantitative estimate of drug-likeness (QED) is 0.610. The van der Waals surface area contributed by atoms with Crippen LogP contribution in [-0.4, -0.2) is 25.0 Å². The molecule has 2 rings (SSSR count).